The number of phenols is 2. The second kappa shape index (κ2) is 6.39. The zero-order valence-electron chi connectivity index (χ0n) is 14.1. The first-order chi connectivity index (χ1) is 11.1. The molecule has 0 heterocycles. The molecule has 0 aliphatic carbocycles. The number of phenolic OH excluding ortho intramolecular Hbond substituents is 2. The number of rotatable bonds is 3. The first kappa shape index (κ1) is 17.6. The van der Waals surface area contributed by atoms with E-state index in [-0.39, 0.29) is 17.1 Å². The monoisotopic (exact) mass is 331 g/mol. The molecule has 0 spiro atoms. The smallest absolute Gasteiger partial charge is 0.342 e. The Kier molecular flexibility index (Phi) is 4.68. The highest BCUT2D eigenvalue weighted by Crippen LogP contribution is 2.35. The summed E-state index contributed by atoms with van der Waals surface area (Å²) in [4.78, 5) is 24.3. The first-order valence-corrected chi connectivity index (χ1v) is 7.57. The van der Waals surface area contributed by atoms with Crippen molar-refractivity contribution < 1.29 is 24.5 Å². The molecule has 0 aromatic heterocycles. The summed E-state index contributed by atoms with van der Waals surface area (Å²) in [7, 11) is 0. The molecule has 24 heavy (non-hydrogen) atoms. The number of esters is 1. The van der Waals surface area contributed by atoms with Gasteiger partial charge in [0.25, 0.3) is 5.91 Å². The van der Waals surface area contributed by atoms with Gasteiger partial charge in [0.2, 0.25) is 0 Å². The third-order valence-electron chi connectivity index (χ3n) is 3.37. The zero-order valence-corrected chi connectivity index (χ0v) is 14.1. The Labute approximate surface area is 140 Å². The second-order valence-corrected chi connectivity index (χ2v) is 6.62. The van der Waals surface area contributed by atoms with E-state index in [2.05, 4.69) is 5.32 Å². The number of aromatic hydroxyl groups is 2. The van der Waals surface area contributed by atoms with Gasteiger partial charge in [0.15, 0.2) is 6.10 Å². The van der Waals surface area contributed by atoms with Crippen molar-refractivity contribution in [3.8, 4) is 11.5 Å². The van der Waals surface area contributed by atoms with Crippen LogP contribution < -0.4 is 5.32 Å². The van der Waals surface area contributed by atoms with Crippen LogP contribution in [0.1, 0.15) is 38.1 Å². The van der Waals surface area contributed by atoms with Crippen molar-refractivity contribution in [1.82, 2.24) is 5.32 Å². The standard InChI is InChI=1S/C18H21NO5/c1-10(16(22)19-18(2,3)4)24-17(23)13-9-14(20)11-7-5-6-8-12(11)15(13)21/h5-10,20-21H,1-4H3,(H,19,22)/t10-/m1/s1. The molecule has 2 aromatic carbocycles. The fourth-order valence-electron chi connectivity index (χ4n) is 2.25. The molecule has 6 heteroatoms. The molecule has 0 aliphatic rings. The van der Waals surface area contributed by atoms with Gasteiger partial charge < -0.3 is 20.3 Å². The topological polar surface area (TPSA) is 95.9 Å². The maximum absolute atomic E-state index is 12.3. The molecule has 128 valence electrons. The van der Waals surface area contributed by atoms with Crippen molar-refractivity contribution in [1.29, 1.82) is 0 Å². The molecule has 3 N–H and O–H groups in total. The molecule has 2 aromatic rings. The van der Waals surface area contributed by atoms with Crippen molar-refractivity contribution >= 4 is 22.6 Å². The summed E-state index contributed by atoms with van der Waals surface area (Å²) in [6, 6.07) is 7.72. The summed E-state index contributed by atoms with van der Waals surface area (Å²) in [6.45, 7) is 6.88. The highest BCUT2D eigenvalue weighted by Gasteiger charge is 2.25. The number of benzene rings is 2. The third kappa shape index (κ3) is 3.76. The van der Waals surface area contributed by atoms with E-state index in [1.165, 1.54) is 6.92 Å². The number of nitrogens with one attached hydrogen (secondary N) is 1. The van der Waals surface area contributed by atoms with Gasteiger partial charge in [-0.25, -0.2) is 4.79 Å². The lowest BCUT2D eigenvalue weighted by atomic mass is 10.0. The normalized spacial score (nSPS) is 12.7. The van der Waals surface area contributed by atoms with Crippen LogP contribution in [0.2, 0.25) is 0 Å². The van der Waals surface area contributed by atoms with Gasteiger partial charge in [-0.1, -0.05) is 24.3 Å². The lowest BCUT2D eigenvalue weighted by Gasteiger charge is -2.23. The Morgan fingerprint density at radius 3 is 2.29 bits per heavy atom. The van der Waals surface area contributed by atoms with Crippen LogP contribution in [0.3, 0.4) is 0 Å². The molecule has 0 bridgehead atoms. The number of fused-ring (bicyclic) bond motifs is 1. The van der Waals surface area contributed by atoms with E-state index in [0.29, 0.717) is 10.8 Å². The molecular formula is C18H21NO5. The van der Waals surface area contributed by atoms with Crippen molar-refractivity contribution in [3.63, 3.8) is 0 Å². The zero-order chi connectivity index (χ0) is 18.1. The van der Waals surface area contributed by atoms with Crippen LogP contribution in [0.15, 0.2) is 30.3 Å². The molecule has 0 saturated carbocycles. The molecule has 0 saturated heterocycles. The van der Waals surface area contributed by atoms with Crippen LogP contribution in [0.4, 0.5) is 0 Å². The third-order valence-corrected chi connectivity index (χ3v) is 3.37. The van der Waals surface area contributed by atoms with Gasteiger partial charge in [-0.3, -0.25) is 4.79 Å². The molecule has 1 atom stereocenters. The van der Waals surface area contributed by atoms with Crippen LogP contribution in [-0.2, 0) is 9.53 Å². The predicted octanol–water partition coefficient (Wildman–Crippen LogP) is 2.71. The van der Waals surface area contributed by atoms with Crippen molar-refractivity contribution in [3.05, 3.63) is 35.9 Å². The van der Waals surface area contributed by atoms with Gasteiger partial charge in [-0.15, -0.1) is 0 Å². The van der Waals surface area contributed by atoms with Crippen LogP contribution >= 0.6 is 0 Å². The van der Waals surface area contributed by atoms with Gasteiger partial charge in [0.05, 0.1) is 0 Å². The summed E-state index contributed by atoms with van der Waals surface area (Å²) < 4.78 is 5.11. The minimum atomic E-state index is -1.04. The fraction of sp³-hybridized carbons (Fsp3) is 0.333. The minimum Gasteiger partial charge on any atom is -0.507 e. The molecule has 6 nitrogen and oxygen atoms in total. The van der Waals surface area contributed by atoms with Gasteiger partial charge >= 0.3 is 5.97 Å². The van der Waals surface area contributed by atoms with Gasteiger partial charge in [-0.2, -0.15) is 0 Å². The summed E-state index contributed by atoms with van der Waals surface area (Å²) in [5, 5.41) is 23.7. The van der Waals surface area contributed by atoms with E-state index in [1.54, 1.807) is 24.3 Å². The number of carbonyl (C=O) groups excluding carboxylic acids is 2. The lowest BCUT2D eigenvalue weighted by molar-refractivity contribution is -0.130. The quantitative estimate of drug-likeness (QED) is 0.594. The Morgan fingerprint density at radius 2 is 1.71 bits per heavy atom. The van der Waals surface area contributed by atoms with Crippen LogP contribution in [0.25, 0.3) is 10.8 Å². The number of carbonyl (C=O) groups is 2. The van der Waals surface area contributed by atoms with E-state index >= 15 is 0 Å². The molecule has 1 amide bonds. The Bertz CT molecular complexity index is 792. The van der Waals surface area contributed by atoms with Crippen LogP contribution in [0.5, 0.6) is 11.5 Å². The van der Waals surface area contributed by atoms with E-state index in [0.717, 1.165) is 6.07 Å². The molecule has 2 rings (SSSR count). The molecule has 0 aliphatic heterocycles. The maximum Gasteiger partial charge on any atom is 0.342 e. The first-order valence-electron chi connectivity index (χ1n) is 7.57. The Morgan fingerprint density at radius 1 is 1.12 bits per heavy atom. The molecule has 0 unspecified atom stereocenters. The van der Waals surface area contributed by atoms with E-state index < -0.39 is 23.5 Å². The van der Waals surface area contributed by atoms with E-state index in [1.807, 2.05) is 20.8 Å². The Hall–Kier alpha value is -2.76. The number of hydrogen-bond donors (Lipinski definition) is 3. The molecule has 0 fully saturated rings. The minimum absolute atomic E-state index is 0.151. The number of amides is 1. The lowest BCUT2D eigenvalue weighted by Crippen LogP contribution is -2.46. The fourth-order valence-corrected chi connectivity index (χ4v) is 2.25. The Balaban J connectivity index is 2.26. The van der Waals surface area contributed by atoms with E-state index in [4.69, 9.17) is 4.74 Å². The largest absolute Gasteiger partial charge is 0.507 e. The average molecular weight is 331 g/mol. The number of hydrogen-bond acceptors (Lipinski definition) is 5. The SMILES string of the molecule is C[C@@H](OC(=O)c1cc(O)c2ccccc2c1O)C(=O)NC(C)(C)C. The summed E-state index contributed by atoms with van der Waals surface area (Å²) in [6.07, 6.45) is -1.04. The van der Waals surface area contributed by atoms with Crippen molar-refractivity contribution in [2.24, 2.45) is 0 Å². The second-order valence-electron chi connectivity index (χ2n) is 6.62. The number of ether oxygens (including phenoxy) is 1. The van der Waals surface area contributed by atoms with Crippen molar-refractivity contribution in [2.45, 2.75) is 39.3 Å². The average Bonchev–Trinajstić information content (AvgIpc) is 2.49. The van der Waals surface area contributed by atoms with Crippen LogP contribution in [-0.4, -0.2) is 33.7 Å². The summed E-state index contributed by atoms with van der Waals surface area (Å²) in [5.41, 5.74) is -0.650. The van der Waals surface area contributed by atoms with E-state index in [9.17, 15) is 19.8 Å². The maximum atomic E-state index is 12.3. The summed E-state index contributed by atoms with van der Waals surface area (Å²) >= 11 is 0. The molecule has 0 radical (unpaired) electrons. The van der Waals surface area contributed by atoms with Gasteiger partial charge in [0.1, 0.15) is 17.1 Å². The molecular weight excluding hydrogens is 310 g/mol. The highest BCUT2D eigenvalue weighted by atomic mass is 16.5. The highest BCUT2D eigenvalue weighted by molar-refractivity contribution is 6.04. The van der Waals surface area contributed by atoms with Gasteiger partial charge in [0, 0.05) is 16.3 Å². The van der Waals surface area contributed by atoms with Crippen molar-refractivity contribution in [2.75, 3.05) is 0 Å². The summed E-state index contributed by atoms with van der Waals surface area (Å²) in [5.74, 6) is -1.77. The predicted molar refractivity (Wildman–Crippen MR) is 90.1 cm³/mol. The van der Waals surface area contributed by atoms with Gasteiger partial charge in [-0.05, 0) is 33.8 Å². The van der Waals surface area contributed by atoms with Crippen LogP contribution in [0, 0.1) is 0 Å².